The lowest BCUT2D eigenvalue weighted by molar-refractivity contribution is -0.120. The molecule has 1 aliphatic rings. The molecule has 1 aliphatic carbocycles. The molecule has 0 aromatic carbocycles. The zero-order valence-electron chi connectivity index (χ0n) is 5.73. The maximum Gasteiger partial charge on any atom is 0.132 e. The molecule has 0 N–H and O–H groups in total. The van der Waals surface area contributed by atoms with Gasteiger partial charge in [0.15, 0.2) is 0 Å². The normalized spacial score (nSPS) is 22.6. The van der Waals surface area contributed by atoms with Crippen LogP contribution in [0.3, 0.4) is 0 Å². The Balaban J connectivity index is 2.26. The SMILES string of the molecule is [CH2]CC1CCC(=O)CC1. The second-order valence-corrected chi connectivity index (χ2v) is 2.77. The fourth-order valence-corrected chi connectivity index (χ4v) is 1.29. The van der Waals surface area contributed by atoms with E-state index in [2.05, 4.69) is 6.92 Å². The van der Waals surface area contributed by atoms with Crippen molar-refractivity contribution < 1.29 is 4.79 Å². The second-order valence-electron chi connectivity index (χ2n) is 2.77. The predicted octanol–water partition coefficient (Wildman–Crippen LogP) is 1.97. The summed E-state index contributed by atoms with van der Waals surface area (Å²) in [6, 6.07) is 0. The minimum atomic E-state index is 0.444. The zero-order valence-corrected chi connectivity index (χ0v) is 5.73. The van der Waals surface area contributed by atoms with Gasteiger partial charge in [-0.2, -0.15) is 0 Å². The van der Waals surface area contributed by atoms with Crippen LogP contribution in [0.1, 0.15) is 32.1 Å². The summed E-state index contributed by atoms with van der Waals surface area (Å²) in [4.78, 5) is 10.7. The molecule has 0 saturated heterocycles. The standard InChI is InChI=1S/C8H13O/c1-2-7-3-5-8(9)6-4-7/h7H,1-6H2. The molecule has 0 amide bonds. The lowest BCUT2D eigenvalue weighted by Crippen LogP contribution is -2.12. The molecule has 0 spiro atoms. The highest BCUT2D eigenvalue weighted by Crippen LogP contribution is 2.23. The summed E-state index contributed by atoms with van der Waals surface area (Å²) in [5, 5.41) is 0. The van der Waals surface area contributed by atoms with Crippen molar-refractivity contribution in [2.45, 2.75) is 32.1 Å². The van der Waals surface area contributed by atoms with Crippen LogP contribution in [0.4, 0.5) is 0 Å². The second kappa shape index (κ2) is 3.00. The van der Waals surface area contributed by atoms with Gasteiger partial charge in [0.2, 0.25) is 0 Å². The minimum Gasteiger partial charge on any atom is -0.300 e. The lowest BCUT2D eigenvalue weighted by Gasteiger charge is -2.18. The van der Waals surface area contributed by atoms with E-state index in [4.69, 9.17) is 0 Å². The highest BCUT2D eigenvalue weighted by molar-refractivity contribution is 5.78. The number of hydrogen-bond donors (Lipinski definition) is 0. The van der Waals surface area contributed by atoms with E-state index in [0.29, 0.717) is 5.78 Å². The topological polar surface area (TPSA) is 17.1 Å². The van der Waals surface area contributed by atoms with Gasteiger partial charge in [-0.25, -0.2) is 0 Å². The highest BCUT2D eigenvalue weighted by atomic mass is 16.1. The van der Waals surface area contributed by atoms with Crippen molar-refractivity contribution in [3.63, 3.8) is 0 Å². The molecule has 1 nitrogen and oxygen atoms in total. The molecule has 1 saturated carbocycles. The van der Waals surface area contributed by atoms with Crippen LogP contribution in [0, 0.1) is 12.8 Å². The number of carbonyl (C=O) groups excluding carboxylic acids is 1. The number of rotatable bonds is 1. The molecular formula is C8H13O. The Morgan fingerprint density at radius 1 is 1.44 bits per heavy atom. The van der Waals surface area contributed by atoms with Crippen molar-refractivity contribution in [1.82, 2.24) is 0 Å². The molecule has 1 fully saturated rings. The fourth-order valence-electron chi connectivity index (χ4n) is 1.29. The van der Waals surface area contributed by atoms with Crippen molar-refractivity contribution in [2.24, 2.45) is 5.92 Å². The third kappa shape index (κ3) is 1.81. The van der Waals surface area contributed by atoms with Gasteiger partial charge in [-0.3, -0.25) is 4.79 Å². The summed E-state index contributed by atoms with van der Waals surface area (Å²) < 4.78 is 0. The molecule has 0 aromatic heterocycles. The first-order valence-corrected chi connectivity index (χ1v) is 3.64. The number of Topliss-reactive ketones (excluding diaryl/α,β-unsaturated/α-hetero) is 1. The smallest absolute Gasteiger partial charge is 0.132 e. The Morgan fingerprint density at radius 2 is 2.00 bits per heavy atom. The van der Waals surface area contributed by atoms with E-state index < -0.39 is 0 Å². The molecule has 0 bridgehead atoms. The summed E-state index contributed by atoms with van der Waals surface area (Å²) in [7, 11) is 0. The Morgan fingerprint density at radius 3 is 2.44 bits per heavy atom. The lowest BCUT2D eigenvalue weighted by atomic mass is 9.87. The van der Waals surface area contributed by atoms with Gasteiger partial charge in [-0.05, 0) is 18.8 Å². The average Bonchev–Trinajstić information content (AvgIpc) is 1.90. The number of hydrogen-bond acceptors (Lipinski definition) is 1. The summed E-state index contributed by atoms with van der Waals surface area (Å²) in [5.74, 6) is 1.18. The Bertz CT molecular complexity index is 97.1. The largest absolute Gasteiger partial charge is 0.300 e. The van der Waals surface area contributed by atoms with Gasteiger partial charge in [-0.1, -0.05) is 13.3 Å². The number of carbonyl (C=O) groups is 1. The molecular weight excluding hydrogens is 112 g/mol. The van der Waals surface area contributed by atoms with E-state index in [9.17, 15) is 4.79 Å². The maximum absolute atomic E-state index is 10.7. The molecule has 1 heteroatoms. The quantitative estimate of drug-likeness (QED) is 0.523. The van der Waals surface area contributed by atoms with Crippen LogP contribution in [0.2, 0.25) is 0 Å². The first-order chi connectivity index (χ1) is 4.33. The Kier molecular flexibility index (Phi) is 2.26. The van der Waals surface area contributed by atoms with Gasteiger partial charge in [0.1, 0.15) is 5.78 Å². The van der Waals surface area contributed by atoms with Crippen LogP contribution in [-0.4, -0.2) is 5.78 Å². The summed E-state index contributed by atoms with van der Waals surface area (Å²) >= 11 is 0. The monoisotopic (exact) mass is 125 g/mol. The van der Waals surface area contributed by atoms with E-state index in [1.54, 1.807) is 0 Å². The van der Waals surface area contributed by atoms with Crippen molar-refractivity contribution in [2.75, 3.05) is 0 Å². The summed E-state index contributed by atoms with van der Waals surface area (Å²) in [6.45, 7) is 3.82. The molecule has 51 valence electrons. The minimum absolute atomic E-state index is 0.444. The third-order valence-electron chi connectivity index (χ3n) is 2.07. The average molecular weight is 125 g/mol. The van der Waals surface area contributed by atoms with Gasteiger partial charge in [0.05, 0.1) is 0 Å². The number of ketones is 1. The molecule has 0 heterocycles. The van der Waals surface area contributed by atoms with Crippen molar-refractivity contribution in [3.8, 4) is 0 Å². The summed E-state index contributed by atoms with van der Waals surface area (Å²) in [5.41, 5.74) is 0. The van der Waals surface area contributed by atoms with Crippen LogP contribution in [0.5, 0.6) is 0 Å². The van der Waals surface area contributed by atoms with Crippen LogP contribution in [0.25, 0.3) is 0 Å². The van der Waals surface area contributed by atoms with Gasteiger partial charge in [-0.15, -0.1) is 0 Å². The molecule has 1 radical (unpaired) electrons. The first kappa shape index (κ1) is 6.79. The molecule has 0 aliphatic heterocycles. The molecule has 1 rings (SSSR count). The fraction of sp³-hybridized carbons (Fsp3) is 0.750. The van der Waals surface area contributed by atoms with Crippen molar-refractivity contribution in [3.05, 3.63) is 6.92 Å². The molecule has 0 atom stereocenters. The predicted molar refractivity (Wildman–Crippen MR) is 36.9 cm³/mol. The van der Waals surface area contributed by atoms with Crippen LogP contribution in [-0.2, 0) is 4.79 Å². The van der Waals surface area contributed by atoms with E-state index in [-0.39, 0.29) is 0 Å². The van der Waals surface area contributed by atoms with E-state index in [0.717, 1.165) is 38.0 Å². The Hall–Kier alpha value is -0.330. The summed E-state index contributed by atoms with van der Waals surface area (Å²) in [6.07, 6.45) is 4.79. The molecule has 0 aromatic rings. The van der Waals surface area contributed by atoms with Crippen molar-refractivity contribution >= 4 is 5.78 Å². The van der Waals surface area contributed by atoms with Crippen LogP contribution < -0.4 is 0 Å². The molecule has 9 heavy (non-hydrogen) atoms. The third-order valence-corrected chi connectivity index (χ3v) is 2.07. The van der Waals surface area contributed by atoms with Gasteiger partial charge < -0.3 is 0 Å². The van der Waals surface area contributed by atoms with Crippen molar-refractivity contribution in [1.29, 1.82) is 0 Å². The van der Waals surface area contributed by atoms with Crippen LogP contribution in [0.15, 0.2) is 0 Å². The van der Waals surface area contributed by atoms with Gasteiger partial charge in [0, 0.05) is 12.8 Å². The highest BCUT2D eigenvalue weighted by Gasteiger charge is 2.16. The van der Waals surface area contributed by atoms with Gasteiger partial charge in [0.25, 0.3) is 0 Å². The van der Waals surface area contributed by atoms with Crippen LogP contribution >= 0.6 is 0 Å². The van der Waals surface area contributed by atoms with E-state index >= 15 is 0 Å². The first-order valence-electron chi connectivity index (χ1n) is 3.64. The van der Waals surface area contributed by atoms with E-state index in [1.807, 2.05) is 0 Å². The van der Waals surface area contributed by atoms with E-state index in [1.165, 1.54) is 0 Å². The molecule has 0 unspecified atom stereocenters. The van der Waals surface area contributed by atoms with Gasteiger partial charge >= 0.3 is 0 Å². The Labute approximate surface area is 56.4 Å². The zero-order chi connectivity index (χ0) is 6.69. The maximum atomic E-state index is 10.7.